The molecule has 3 amide bonds. The quantitative estimate of drug-likeness (QED) is 0.252. The fourth-order valence-corrected chi connectivity index (χ4v) is 4.00. The van der Waals surface area contributed by atoms with Crippen LogP contribution in [0.2, 0.25) is 0 Å². The van der Waals surface area contributed by atoms with Gasteiger partial charge in [0.25, 0.3) is 5.91 Å². The van der Waals surface area contributed by atoms with Gasteiger partial charge in [-0.25, -0.2) is 29.5 Å². The first-order valence-corrected chi connectivity index (χ1v) is 12.5. The molecule has 15 nitrogen and oxygen atoms in total. The van der Waals surface area contributed by atoms with Gasteiger partial charge >= 0.3 is 12.2 Å². The molecule has 1 atom stereocenters. The Kier molecular flexibility index (Phi) is 8.10. The first-order chi connectivity index (χ1) is 19.4. The maximum absolute atomic E-state index is 12.4. The molecule has 4 N–H and O–H groups in total. The van der Waals surface area contributed by atoms with E-state index in [4.69, 9.17) is 19.3 Å². The summed E-state index contributed by atoms with van der Waals surface area (Å²) in [7, 11) is 0. The predicted molar refractivity (Wildman–Crippen MR) is 139 cm³/mol. The van der Waals surface area contributed by atoms with Gasteiger partial charge in [0, 0.05) is 12.3 Å². The van der Waals surface area contributed by atoms with Crippen LogP contribution in [0.25, 0.3) is 11.4 Å². The third-order valence-electron chi connectivity index (χ3n) is 5.86. The van der Waals surface area contributed by atoms with Gasteiger partial charge in [-0.3, -0.25) is 9.69 Å². The third kappa shape index (κ3) is 6.68. The molecular weight excluding hydrogens is 524 g/mol. The number of carboxylic acid groups (broad SMARTS) is 1. The van der Waals surface area contributed by atoms with Gasteiger partial charge in [0.15, 0.2) is 18.2 Å². The van der Waals surface area contributed by atoms with Crippen LogP contribution in [-0.2, 0) is 16.1 Å². The fourth-order valence-electron chi connectivity index (χ4n) is 4.00. The Balaban J connectivity index is 1.10. The summed E-state index contributed by atoms with van der Waals surface area (Å²) in [5.41, 5.74) is 1.20. The summed E-state index contributed by atoms with van der Waals surface area (Å²) < 4.78 is 16.3. The van der Waals surface area contributed by atoms with Crippen molar-refractivity contribution in [1.82, 2.24) is 30.6 Å². The number of pyridine rings is 2. The molecule has 0 saturated carbocycles. The summed E-state index contributed by atoms with van der Waals surface area (Å²) in [5, 5.41) is 16.7. The summed E-state index contributed by atoms with van der Waals surface area (Å²) in [6, 6.07) is 10.3. The summed E-state index contributed by atoms with van der Waals surface area (Å²) in [6.07, 6.45) is 0.238. The van der Waals surface area contributed by atoms with Gasteiger partial charge < -0.3 is 35.3 Å². The van der Waals surface area contributed by atoms with Gasteiger partial charge in [-0.2, -0.15) is 0 Å². The number of hydrogen-bond donors (Lipinski definition) is 4. The van der Waals surface area contributed by atoms with E-state index in [-0.39, 0.29) is 37.6 Å². The molecule has 208 valence electrons. The molecular formula is C25H26N8O7. The molecule has 0 spiro atoms. The van der Waals surface area contributed by atoms with Crippen molar-refractivity contribution in [2.45, 2.75) is 19.1 Å². The van der Waals surface area contributed by atoms with Crippen LogP contribution < -0.4 is 30.3 Å². The maximum Gasteiger partial charge on any atom is 0.415 e. The van der Waals surface area contributed by atoms with Gasteiger partial charge in [0.05, 0.1) is 31.0 Å². The fraction of sp³-hybridized carbons (Fsp3) is 0.320. The number of ether oxygens (including phenoxy) is 3. The number of amides is 3. The second-order valence-corrected chi connectivity index (χ2v) is 8.73. The van der Waals surface area contributed by atoms with Crippen LogP contribution in [0.5, 0.6) is 11.6 Å². The molecule has 2 aliphatic heterocycles. The third-order valence-corrected chi connectivity index (χ3v) is 5.86. The lowest BCUT2D eigenvalue weighted by Crippen LogP contribution is -2.29. The smallest absolute Gasteiger partial charge is 0.415 e. The van der Waals surface area contributed by atoms with Crippen molar-refractivity contribution < 1.29 is 33.7 Å². The van der Waals surface area contributed by atoms with Crippen LogP contribution in [0, 0.1) is 0 Å². The Labute approximate surface area is 227 Å². The summed E-state index contributed by atoms with van der Waals surface area (Å²) >= 11 is 0. The minimum absolute atomic E-state index is 0.0705. The molecule has 0 aliphatic carbocycles. The molecule has 0 radical (unpaired) electrons. The van der Waals surface area contributed by atoms with Crippen LogP contribution in [0.4, 0.5) is 21.2 Å². The minimum Gasteiger partial charge on any atom is -0.480 e. The van der Waals surface area contributed by atoms with E-state index < -0.39 is 12.2 Å². The van der Waals surface area contributed by atoms with E-state index in [9.17, 15) is 14.4 Å². The van der Waals surface area contributed by atoms with Gasteiger partial charge in [0.2, 0.25) is 5.88 Å². The molecule has 3 aromatic rings. The molecule has 1 saturated heterocycles. The Morgan fingerprint density at radius 3 is 2.88 bits per heavy atom. The SMILES string of the molecule is O=C(O)NCCOc1cccc(-c2ccnc(CNCC[C@H]3CN(c4ccc5c(n4)NC(=O)CO5)C(=O)O3)n2)n1. The molecule has 3 aromatic heterocycles. The Hall–Kier alpha value is -5.05. The van der Waals surface area contributed by atoms with Gasteiger partial charge in [-0.15, -0.1) is 0 Å². The molecule has 5 rings (SSSR count). The number of carbonyl (C=O) groups is 3. The number of aromatic nitrogens is 4. The molecule has 15 heteroatoms. The van der Waals surface area contributed by atoms with Crippen LogP contribution in [0.3, 0.4) is 0 Å². The standard InChI is InChI=1S/C25H26N8O7/c34-21-14-39-18-4-5-20(31-23(18)32-21)33-13-15(40-25(33)37)6-8-26-12-19-27-9-7-17(29-19)16-2-1-3-22(30-16)38-11-10-28-24(35)36/h1-5,7,9,15,26,28H,6,8,10-14H2,(H,35,36)(H,31,32,34)/t15-/m0/s1. The Morgan fingerprint density at radius 2 is 2.00 bits per heavy atom. The number of hydrogen-bond acceptors (Lipinski definition) is 11. The summed E-state index contributed by atoms with van der Waals surface area (Å²) in [6.45, 7) is 1.48. The van der Waals surface area contributed by atoms with Crippen LogP contribution in [-0.4, -0.2) is 82.1 Å². The van der Waals surface area contributed by atoms with Crippen LogP contribution >= 0.6 is 0 Å². The maximum atomic E-state index is 12.4. The van der Waals surface area contributed by atoms with E-state index in [0.717, 1.165) is 0 Å². The molecule has 0 unspecified atom stereocenters. The molecule has 0 aromatic carbocycles. The zero-order chi connectivity index (χ0) is 27.9. The lowest BCUT2D eigenvalue weighted by atomic mass is 10.2. The number of nitrogens with zero attached hydrogens (tertiary/aromatic N) is 5. The van der Waals surface area contributed by atoms with Crippen molar-refractivity contribution in [3.8, 4) is 23.0 Å². The topological polar surface area (TPSA) is 190 Å². The van der Waals surface area contributed by atoms with Gasteiger partial charge in [-0.05, 0) is 37.2 Å². The summed E-state index contributed by atoms with van der Waals surface area (Å²) in [5.74, 6) is 1.70. The van der Waals surface area contributed by atoms with E-state index in [1.54, 1.807) is 42.6 Å². The van der Waals surface area contributed by atoms with Crippen LogP contribution in [0.15, 0.2) is 42.6 Å². The van der Waals surface area contributed by atoms with E-state index in [1.807, 2.05) is 0 Å². The summed E-state index contributed by atoms with van der Waals surface area (Å²) in [4.78, 5) is 53.6. The van der Waals surface area contributed by atoms with E-state index in [0.29, 0.717) is 60.7 Å². The minimum atomic E-state index is -1.12. The number of fused-ring (bicyclic) bond motifs is 1. The lowest BCUT2D eigenvalue weighted by Gasteiger charge is -2.19. The molecule has 2 aliphatic rings. The number of rotatable bonds is 11. The van der Waals surface area contributed by atoms with Gasteiger partial charge in [-0.1, -0.05) is 6.07 Å². The Bertz CT molecular complexity index is 1410. The van der Waals surface area contributed by atoms with Crippen molar-refractivity contribution in [2.75, 3.05) is 43.1 Å². The van der Waals surface area contributed by atoms with Crippen LogP contribution in [0.1, 0.15) is 12.2 Å². The van der Waals surface area contributed by atoms with Crippen molar-refractivity contribution >= 4 is 29.7 Å². The zero-order valence-electron chi connectivity index (χ0n) is 21.2. The normalized spacial score (nSPS) is 16.0. The Morgan fingerprint density at radius 1 is 1.12 bits per heavy atom. The number of carbonyl (C=O) groups excluding carboxylic acids is 2. The average molecular weight is 551 g/mol. The second kappa shape index (κ2) is 12.2. The predicted octanol–water partition coefficient (Wildman–Crippen LogP) is 1.42. The van der Waals surface area contributed by atoms with Crippen molar-refractivity contribution in [1.29, 1.82) is 0 Å². The molecule has 40 heavy (non-hydrogen) atoms. The number of nitrogens with one attached hydrogen (secondary N) is 3. The van der Waals surface area contributed by atoms with Crippen molar-refractivity contribution in [2.24, 2.45) is 0 Å². The highest BCUT2D eigenvalue weighted by molar-refractivity contribution is 5.95. The lowest BCUT2D eigenvalue weighted by molar-refractivity contribution is -0.118. The highest BCUT2D eigenvalue weighted by Crippen LogP contribution is 2.30. The molecule has 0 bridgehead atoms. The van der Waals surface area contributed by atoms with E-state index in [2.05, 4.69) is 35.9 Å². The monoisotopic (exact) mass is 550 g/mol. The van der Waals surface area contributed by atoms with Gasteiger partial charge in [0.1, 0.15) is 24.4 Å². The number of cyclic esters (lactones) is 1. The first-order valence-electron chi connectivity index (χ1n) is 12.5. The average Bonchev–Trinajstić information content (AvgIpc) is 3.33. The first kappa shape index (κ1) is 26.6. The largest absolute Gasteiger partial charge is 0.480 e. The molecule has 1 fully saturated rings. The van der Waals surface area contributed by atoms with E-state index in [1.165, 1.54) is 4.90 Å². The van der Waals surface area contributed by atoms with E-state index >= 15 is 0 Å². The molecule has 5 heterocycles. The highest BCUT2D eigenvalue weighted by Gasteiger charge is 2.33. The second-order valence-electron chi connectivity index (χ2n) is 8.73. The van der Waals surface area contributed by atoms with Crippen molar-refractivity contribution in [3.05, 3.63) is 48.4 Å². The zero-order valence-corrected chi connectivity index (χ0v) is 21.2. The highest BCUT2D eigenvalue weighted by atomic mass is 16.6. The number of anilines is 2. The van der Waals surface area contributed by atoms with Crippen molar-refractivity contribution in [3.63, 3.8) is 0 Å².